The Labute approximate surface area is 172 Å². The molecular weight excluding hydrogens is 386 g/mol. The number of likely N-dealkylation sites (tertiary alicyclic amines) is 1. The van der Waals surface area contributed by atoms with Crippen molar-refractivity contribution in [1.29, 1.82) is 0 Å². The summed E-state index contributed by atoms with van der Waals surface area (Å²) in [6, 6.07) is 11.8. The maximum Gasteiger partial charge on any atom is 0.197 e. The first-order valence-corrected chi connectivity index (χ1v) is 9.74. The van der Waals surface area contributed by atoms with Gasteiger partial charge in [0.1, 0.15) is 40.9 Å². The van der Waals surface area contributed by atoms with Crippen molar-refractivity contribution in [3.05, 3.63) is 74.8 Å². The highest BCUT2D eigenvalue weighted by Gasteiger charge is 2.37. The quantitative estimate of drug-likeness (QED) is 0.452. The van der Waals surface area contributed by atoms with Crippen LogP contribution in [0.15, 0.2) is 51.7 Å². The van der Waals surface area contributed by atoms with Crippen LogP contribution in [0.25, 0.3) is 23.1 Å². The second-order valence-corrected chi connectivity index (χ2v) is 7.96. The van der Waals surface area contributed by atoms with E-state index in [1.807, 2.05) is 30.3 Å². The SMILES string of the molecule is C[N+]1([O-])CC[C@H](c2c(O)cc(O)c3c(=O)cc(/C=C/c4ccccc4)oc23)[C@H](O)C1. The van der Waals surface area contributed by atoms with E-state index < -0.39 is 27.8 Å². The molecule has 0 spiro atoms. The lowest BCUT2D eigenvalue weighted by atomic mass is 9.85. The van der Waals surface area contributed by atoms with Crippen LogP contribution in [0.4, 0.5) is 0 Å². The summed E-state index contributed by atoms with van der Waals surface area (Å²) in [6.07, 6.45) is 2.70. The number of phenolic OH excluding ortho intramolecular Hbond substituents is 2. The number of hydroxylamine groups is 3. The number of aromatic hydroxyl groups is 2. The lowest BCUT2D eigenvalue weighted by Gasteiger charge is -2.46. The van der Waals surface area contributed by atoms with Crippen molar-refractivity contribution < 1.29 is 24.4 Å². The van der Waals surface area contributed by atoms with Crippen LogP contribution in [0, 0.1) is 5.21 Å². The van der Waals surface area contributed by atoms with Crippen molar-refractivity contribution in [2.24, 2.45) is 0 Å². The van der Waals surface area contributed by atoms with E-state index >= 15 is 0 Å². The van der Waals surface area contributed by atoms with Gasteiger partial charge < -0.3 is 29.6 Å². The normalized spacial score (nSPS) is 24.5. The Morgan fingerprint density at radius 2 is 1.87 bits per heavy atom. The highest BCUT2D eigenvalue weighted by Crippen LogP contribution is 2.42. The highest BCUT2D eigenvalue weighted by molar-refractivity contribution is 5.89. The van der Waals surface area contributed by atoms with Crippen molar-refractivity contribution in [1.82, 2.24) is 0 Å². The maximum absolute atomic E-state index is 12.7. The van der Waals surface area contributed by atoms with Gasteiger partial charge in [0.25, 0.3) is 0 Å². The van der Waals surface area contributed by atoms with Gasteiger partial charge in [-0.1, -0.05) is 36.4 Å². The molecule has 0 aliphatic carbocycles. The Hall–Kier alpha value is -3.13. The number of nitrogens with zero attached hydrogens (tertiary/aromatic N) is 1. The van der Waals surface area contributed by atoms with Gasteiger partial charge in [0.05, 0.1) is 13.6 Å². The minimum absolute atomic E-state index is 0.0266. The lowest BCUT2D eigenvalue weighted by Crippen LogP contribution is -2.51. The van der Waals surface area contributed by atoms with Gasteiger partial charge in [0.2, 0.25) is 0 Å². The molecule has 4 rings (SSSR count). The van der Waals surface area contributed by atoms with Gasteiger partial charge in [0.15, 0.2) is 5.43 Å². The van der Waals surface area contributed by atoms with Crippen LogP contribution < -0.4 is 5.43 Å². The van der Waals surface area contributed by atoms with E-state index in [1.54, 1.807) is 12.2 Å². The van der Waals surface area contributed by atoms with E-state index in [1.165, 1.54) is 13.1 Å². The zero-order valence-corrected chi connectivity index (χ0v) is 16.5. The first kappa shape index (κ1) is 20.2. The van der Waals surface area contributed by atoms with Gasteiger partial charge in [-0.2, -0.15) is 0 Å². The molecule has 7 nitrogen and oxygen atoms in total. The molecule has 156 valence electrons. The standard InChI is InChI=1S/C23H23NO6/c1-24(29)10-9-16(20(28)13-24)21-18(26)12-19(27)22-17(25)11-15(30-23(21)22)8-7-14-5-3-2-4-6-14/h2-8,11-12,16,20,26-28H,9-10,13H2,1H3/b8-7+/t16-,20+,24?/m0/s1. The summed E-state index contributed by atoms with van der Waals surface area (Å²) in [5.74, 6) is -1.02. The Morgan fingerprint density at radius 1 is 1.13 bits per heavy atom. The molecule has 3 aromatic rings. The van der Waals surface area contributed by atoms with Crippen molar-refractivity contribution in [3.63, 3.8) is 0 Å². The Bertz CT molecular complexity index is 1170. The largest absolute Gasteiger partial charge is 0.633 e. The summed E-state index contributed by atoms with van der Waals surface area (Å²) in [5, 5.41) is 43.5. The average molecular weight is 409 g/mol. The number of phenols is 2. The molecule has 3 N–H and O–H groups in total. The molecule has 1 aliphatic rings. The number of aliphatic hydroxyl groups excluding tert-OH is 1. The fourth-order valence-corrected chi connectivity index (χ4v) is 4.08. The second kappa shape index (κ2) is 7.60. The first-order chi connectivity index (χ1) is 14.2. The van der Waals surface area contributed by atoms with Gasteiger partial charge in [-0.05, 0) is 11.6 Å². The molecule has 7 heteroatoms. The van der Waals surface area contributed by atoms with Crippen molar-refractivity contribution in [2.45, 2.75) is 18.4 Å². The molecule has 2 heterocycles. The van der Waals surface area contributed by atoms with E-state index in [2.05, 4.69) is 0 Å². The monoisotopic (exact) mass is 409 g/mol. The topological polar surface area (TPSA) is 114 Å². The third kappa shape index (κ3) is 3.82. The minimum atomic E-state index is -1.02. The van der Waals surface area contributed by atoms with Gasteiger partial charge in [-0.3, -0.25) is 4.79 Å². The Balaban J connectivity index is 1.85. The number of likely N-dealkylation sites (N-methyl/N-ethyl adjacent to an activating group) is 1. The second-order valence-electron chi connectivity index (χ2n) is 7.96. The molecule has 1 unspecified atom stereocenters. The summed E-state index contributed by atoms with van der Waals surface area (Å²) in [5.41, 5.74) is 0.715. The lowest BCUT2D eigenvalue weighted by molar-refractivity contribution is -0.870. The van der Waals surface area contributed by atoms with Crippen LogP contribution in [0.3, 0.4) is 0 Å². The van der Waals surface area contributed by atoms with Crippen LogP contribution in [0.1, 0.15) is 29.2 Å². The zero-order valence-electron chi connectivity index (χ0n) is 16.5. The van der Waals surface area contributed by atoms with Crippen LogP contribution in [0.2, 0.25) is 0 Å². The fourth-order valence-electron chi connectivity index (χ4n) is 4.08. The van der Waals surface area contributed by atoms with Crippen LogP contribution in [-0.4, -0.2) is 46.2 Å². The number of hydrogen-bond acceptors (Lipinski definition) is 6. The summed E-state index contributed by atoms with van der Waals surface area (Å²) >= 11 is 0. The fraction of sp³-hybridized carbons (Fsp3) is 0.261. The number of fused-ring (bicyclic) bond motifs is 1. The van der Waals surface area contributed by atoms with E-state index in [9.17, 15) is 25.3 Å². The van der Waals surface area contributed by atoms with Crippen molar-refractivity contribution in [2.75, 3.05) is 20.1 Å². The maximum atomic E-state index is 12.7. The number of piperidine rings is 1. The van der Waals surface area contributed by atoms with Crippen molar-refractivity contribution in [3.8, 4) is 11.5 Å². The minimum Gasteiger partial charge on any atom is -0.633 e. The van der Waals surface area contributed by atoms with Crippen LogP contribution >= 0.6 is 0 Å². The number of benzene rings is 2. The molecule has 1 saturated heterocycles. The highest BCUT2D eigenvalue weighted by atomic mass is 16.5. The summed E-state index contributed by atoms with van der Waals surface area (Å²) in [7, 11) is 1.49. The molecule has 30 heavy (non-hydrogen) atoms. The first-order valence-electron chi connectivity index (χ1n) is 9.74. The molecule has 1 fully saturated rings. The van der Waals surface area contributed by atoms with Crippen molar-refractivity contribution >= 4 is 23.1 Å². The smallest absolute Gasteiger partial charge is 0.197 e. The van der Waals surface area contributed by atoms with E-state index in [4.69, 9.17) is 4.42 Å². The van der Waals surface area contributed by atoms with Crippen LogP contribution in [0.5, 0.6) is 11.5 Å². The molecule has 0 saturated carbocycles. The predicted octanol–water partition coefficient (Wildman–Crippen LogP) is 3.17. The average Bonchev–Trinajstić information content (AvgIpc) is 2.67. The molecule has 0 amide bonds. The molecule has 1 aromatic heterocycles. The third-order valence-corrected chi connectivity index (χ3v) is 5.58. The molecule has 0 bridgehead atoms. The Kier molecular flexibility index (Phi) is 5.11. The zero-order chi connectivity index (χ0) is 21.5. The van der Waals surface area contributed by atoms with Gasteiger partial charge >= 0.3 is 0 Å². The van der Waals surface area contributed by atoms with E-state index in [0.29, 0.717) is 6.42 Å². The third-order valence-electron chi connectivity index (χ3n) is 5.58. The van der Waals surface area contributed by atoms with Gasteiger partial charge in [-0.15, -0.1) is 0 Å². The number of rotatable bonds is 3. The van der Waals surface area contributed by atoms with Gasteiger partial charge in [-0.25, -0.2) is 0 Å². The summed E-state index contributed by atoms with van der Waals surface area (Å²) < 4.78 is 5.33. The van der Waals surface area contributed by atoms with E-state index in [0.717, 1.165) is 11.6 Å². The summed E-state index contributed by atoms with van der Waals surface area (Å²) in [4.78, 5) is 12.7. The molecule has 1 aliphatic heterocycles. The summed E-state index contributed by atoms with van der Waals surface area (Å²) in [6.45, 7) is 0.214. The Morgan fingerprint density at radius 3 is 2.57 bits per heavy atom. The number of quaternary nitrogens is 1. The van der Waals surface area contributed by atoms with E-state index in [-0.39, 0.29) is 41.1 Å². The molecule has 0 radical (unpaired) electrons. The predicted molar refractivity (Wildman–Crippen MR) is 114 cm³/mol. The number of hydrogen-bond donors (Lipinski definition) is 3. The van der Waals surface area contributed by atoms with Gasteiger partial charge in [0, 0.05) is 30.0 Å². The molecule has 2 aromatic carbocycles. The number of aliphatic hydroxyl groups is 1. The molecular formula is C23H23NO6. The van der Waals surface area contributed by atoms with Crippen LogP contribution in [-0.2, 0) is 0 Å². The molecule has 3 atom stereocenters.